The molecule has 4 heteroatoms. The fourth-order valence-electron chi connectivity index (χ4n) is 1.83. The fourth-order valence-corrected chi connectivity index (χ4v) is 3.91. The normalized spacial score (nSPS) is 12.7. The molecule has 2 aromatic rings. The Balaban J connectivity index is 2.29. The number of nitrogens with one attached hydrogen (secondary N) is 1. The van der Waals surface area contributed by atoms with Crippen molar-refractivity contribution in [3.05, 3.63) is 43.8 Å². The molecule has 96 valence electrons. The number of benzene rings is 1. The summed E-state index contributed by atoms with van der Waals surface area (Å²) in [5, 5.41) is 4.25. The Bertz CT molecular complexity index is 538. The molecule has 0 aliphatic carbocycles. The van der Waals surface area contributed by atoms with Crippen LogP contribution in [0.25, 0.3) is 10.4 Å². The van der Waals surface area contributed by atoms with Crippen molar-refractivity contribution in [1.82, 2.24) is 5.32 Å². The van der Waals surface area contributed by atoms with Crippen LogP contribution in [0, 0.1) is 3.57 Å². The van der Waals surface area contributed by atoms with Crippen LogP contribution in [0.4, 0.5) is 0 Å². The van der Waals surface area contributed by atoms with Crippen LogP contribution in [0.15, 0.2) is 30.3 Å². The molecule has 1 unspecified atom stereocenters. The maximum Gasteiger partial charge on any atom is 0.0503 e. The summed E-state index contributed by atoms with van der Waals surface area (Å²) in [5.41, 5.74) is 1.12. The highest BCUT2D eigenvalue weighted by atomic mass is 127. The predicted molar refractivity (Wildman–Crippen MR) is 89.6 cm³/mol. The SMILES string of the molecule is CCNC(C)c1ccc(-c2ccc(I)cc2Cl)s1. The van der Waals surface area contributed by atoms with Gasteiger partial charge in [0.15, 0.2) is 0 Å². The van der Waals surface area contributed by atoms with Gasteiger partial charge in [-0.3, -0.25) is 0 Å². The molecule has 1 atom stereocenters. The second kappa shape index (κ2) is 6.37. The van der Waals surface area contributed by atoms with E-state index in [4.69, 9.17) is 11.6 Å². The number of thiophene rings is 1. The van der Waals surface area contributed by atoms with Gasteiger partial charge in [-0.05, 0) is 60.3 Å². The largest absolute Gasteiger partial charge is 0.310 e. The van der Waals surface area contributed by atoms with Gasteiger partial charge in [-0.25, -0.2) is 0 Å². The third kappa shape index (κ3) is 3.26. The van der Waals surface area contributed by atoms with E-state index >= 15 is 0 Å². The highest BCUT2D eigenvalue weighted by Crippen LogP contribution is 2.35. The summed E-state index contributed by atoms with van der Waals surface area (Å²) in [6.45, 7) is 5.30. The van der Waals surface area contributed by atoms with Crippen molar-refractivity contribution in [3.63, 3.8) is 0 Å². The lowest BCUT2D eigenvalue weighted by molar-refractivity contribution is 0.607. The topological polar surface area (TPSA) is 12.0 Å². The number of hydrogen-bond donors (Lipinski definition) is 1. The van der Waals surface area contributed by atoms with Gasteiger partial charge in [-0.1, -0.05) is 24.6 Å². The van der Waals surface area contributed by atoms with Gasteiger partial charge in [0, 0.05) is 24.9 Å². The Hall–Kier alpha value is -0.100. The second-order valence-corrected chi connectivity index (χ2v) is 6.87. The van der Waals surface area contributed by atoms with Gasteiger partial charge in [-0.2, -0.15) is 0 Å². The standard InChI is InChI=1S/C14H15ClINS/c1-3-17-9(2)13-6-7-14(18-13)11-5-4-10(16)8-12(11)15/h4-9,17H,3H2,1-2H3. The van der Waals surface area contributed by atoms with E-state index in [-0.39, 0.29) is 0 Å². The zero-order valence-corrected chi connectivity index (χ0v) is 14.1. The van der Waals surface area contributed by atoms with Gasteiger partial charge in [0.05, 0.1) is 5.02 Å². The first-order chi connectivity index (χ1) is 8.61. The maximum atomic E-state index is 6.30. The van der Waals surface area contributed by atoms with Gasteiger partial charge in [-0.15, -0.1) is 11.3 Å². The van der Waals surface area contributed by atoms with Crippen LogP contribution in [-0.4, -0.2) is 6.54 Å². The molecule has 2 rings (SSSR count). The minimum atomic E-state index is 0.399. The second-order valence-electron chi connectivity index (χ2n) is 4.11. The molecule has 1 N–H and O–H groups in total. The van der Waals surface area contributed by atoms with Crippen LogP contribution in [0.1, 0.15) is 24.8 Å². The van der Waals surface area contributed by atoms with E-state index in [1.54, 1.807) is 11.3 Å². The molecule has 1 aromatic heterocycles. The smallest absolute Gasteiger partial charge is 0.0503 e. The fraction of sp³-hybridized carbons (Fsp3) is 0.286. The van der Waals surface area contributed by atoms with Crippen molar-refractivity contribution >= 4 is 45.5 Å². The summed E-state index contributed by atoms with van der Waals surface area (Å²) in [6.07, 6.45) is 0. The first-order valence-corrected chi connectivity index (χ1v) is 8.17. The maximum absolute atomic E-state index is 6.30. The van der Waals surface area contributed by atoms with Crippen molar-refractivity contribution in [1.29, 1.82) is 0 Å². The molecular formula is C14H15ClINS. The van der Waals surface area contributed by atoms with E-state index < -0.39 is 0 Å². The van der Waals surface area contributed by atoms with Gasteiger partial charge in [0.2, 0.25) is 0 Å². The zero-order valence-electron chi connectivity index (χ0n) is 10.3. The molecule has 1 aromatic carbocycles. The van der Waals surface area contributed by atoms with Crippen molar-refractivity contribution in [2.45, 2.75) is 19.9 Å². The van der Waals surface area contributed by atoms with E-state index in [0.29, 0.717) is 6.04 Å². The van der Waals surface area contributed by atoms with Crippen LogP contribution >= 0.6 is 45.5 Å². The Morgan fingerprint density at radius 2 is 2.11 bits per heavy atom. The summed E-state index contributed by atoms with van der Waals surface area (Å²) in [7, 11) is 0. The minimum Gasteiger partial charge on any atom is -0.310 e. The summed E-state index contributed by atoms with van der Waals surface area (Å²) in [4.78, 5) is 2.58. The number of halogens is 2. The van der Waals surface area contributed by atoms with Crippen LogP contribution < -0.4 is 5.32 Å². The molecule has 0 fully saturated rings. The first kappa shape index (κ1) is 14.3. The summed E-state index contributed by atoms with van der Waals surface area (Å²) >= 11 is 10.4. The quantitative estimate of drug-likeness (QED) is 0.693. The molecule has 18 heavy (non-hydrogen) atoms. The average molecular weight is 392 g/mol. The molecule has 0 saturated carbocycles. The Morgan fingerprint density at radius 1 is 1.33 bits per heavy atom. The number of rotatable bonds is 4. The third-order valence-electron chi connectivity index (χ3n) is 2.76. The monoisotopic (exact) mass is 391 g/mol. The molecule has 0 bridgehead atoms. The molecule has 1 nitrogen and oxygen atoms in total. The summed E-state index contributed by atoms with van der Waals surface area (Å²) in [5.74, 6) is 0. The highest BCUT2D eigenvalue weighted by molar-refractivity contribution is 14.1. The van der Waals surface area contributed by atoms with E-state index in [1.807, 2.05) is 6.07 Å². The van der Waals surface area contributed by atoms with Crippen LogP contribution in [0.3, 0.4) is 0 Å². The molecular weight excluding hydrogens is 377 g/mol. The van der Waals surface area contributed by atoms with Crippen LogP contribution in [-0.2, 0) is 0 Å². The Morgan fingerprint density at radius 3 is 2.78 bits per heavy atom. The lowest BCUT2D eigenvalue weighted by atomic mass is 10.2. The van der Waals surface area contributed by atoms with Gasteiger partial charge >= 0.3 is 0 Å². The van der Waals surface area contributed by atoms with Gasteiger partial charge < -0.3 is 5.32 Å². The van der Waals surface area contributed by atoms with Crippen LogP contribution in [0.5, 0.6) is 0 Å². The molecule has 0 amide bonds. The van der Waals surface area contributed by atoms with E-state index in [1.165, 1.54) is 13.3 Å². The Kier molecular flexibility index (Phi) is 5.06. The van der Waals surface area contributed by atoms with Crippen molar-refractivity contribution in [2.75, 3.05) is 6.54 Å². The molecule has 0 aliphatic heterocycles. The van der Waals surface area contributed by atoms with Crippen molar-refractivity contribution < 1.29 is 0 Å². The zero-order chi connectivity index (χ0) is 13.1. The molecule has 0 saturated heterocycles. The lowest BCUT2D eigenvalue weighted by Crippen LogP contribution is -2.16. The molecule has 0 spiro atoms. The molecule has 1 heterocycles. The summed E-state index contributed by atoms with van der Waals surface area (Å²) in [6, 6.07) is 10.9. The van der Waals surface area contributed by atoms with Crippen LogP contribution in [0.2, 0.25) is 5.02 Å². The van der Waals surface area contributed by atoms with E-state index in [0.717, 1.165) is 17.1 Å². The van der Waals surface area contributed by atoms with Crippen molar-refractivity contribution in [3.8, 4) is 10.4 Å². The van der Waals surface area contributed by atoms with E-state index in [9.17, 15) is 0 Å². The van der Waals surface area contributed by atoms with Crippen molar-refractivity contribution in [2.24, 2.45) is 0 Å². The highest BCUT2D eigenvalue weighted by Gasteiger charge is 2.10. The molecule has 0 radical (unpaired) electrons. The lowest BCUT2D eigenvalue weighted by Gasteiger charge is -2.09. The first-order valence-electron chi connectivity index (χ1n) is 5.90. The average Bonchev–Trinajstić information content (AvgIpc) is 2.78. The van der Waals surface area contributed by atoms with Gasteiger partial charge in [0.1, 0.15) is 0 Å². The van der Waals surface area contributed by atoms with E-state index in [2.05, 4.69) is 66.0 Å². The minimum absolute atomic E-state index is 0.399. The third-order valence-corrected chi connectivity index (χ3v) is 5.05. The predicted octanol–water partition coefficient (Wildman–Crippen LogP) is 5.34. The number of hydrogen-bond acceptors (Lipinski definition) is 2. The summed E-state index contributed by atoms with van der Waals surface area (Å²) < 4.78 is 1.17. The Labute approximate surface area is 131 Å². The molecule has 0 aliphatic rings. The van der Waals surface area contributed by atoms with Gasteiger partial charge in [0.25, 0.3) is 0 Å².